The summed E-state index contributed by atoms with van der Waals surface area (Å²) in [7, 11) is 1.66. The maximum Gasteiger partial charge on any atom is 0.150 e. The van der Waals surface area contributed by atoms with Gasteiger partial charge in [-0.15, -0.1) is 0 Å². The summed E-state index contributed by atoms with van der Waals surface area (Å²) in [6.45, 7) is 2.01. The summed E-state index contributed by atoms with van der Waals surface area (Å²) >= 11 is 0. The van der Waals surface area contributed by atoms with Crippen LogP contribution in [0.5, 0.6) is 0 Å². The van der Waals surface area contributed by atoms with E-state index in [-0.39, 0.29) is 42.4 Å². The van der Waals surface area contributed by atoms with Crippen LogP contribution in [0.1, 0.15) is 161 Å². The predicted octanol–water partition coefficient (Wildman–Crippen LogP) is 6.29. The summed E-state index contributed by atoms with van der Waals surface area (Å²) in [5.41, 5.74) is 6.49. The van der Waals surface area contributed by atoms with Crippen LogP contribution in [0.2, 0.25) is 0 Å². The molecule has 0 aromatic carbocycles. The van der Waals surface area contributed by atoms with Crippen LogP contribution in [0.15, 0.2) is 0 Å². The summed E-state index contributed by atoms with van der Waals surface area (Å²) in [6, 6.07) is 0.298. The topological polar surface area (TPSA) is 174 Å². The Hall–Kier alpha value is -1.42. The number of ketones is 2. The van der Waals surface area contributed by atoms with Crippen molar-refractivity contribution in [3.05, 3.63) is 0 Å². The molecule has 2 aliphatic heterocycles. The number of Topliss-reactive ketones (excluding diaryl/α,β-unsaturated/α-hetero) is 2. The molecule has 10 heteroatoms. The Balaban J connectivity index is 1.01. The molecule has 7 rings (SSSR count). The second-order valence-corrected chi connectivity index (χ2v) is 21.6. The molecule has 61 heavy (non-hydrogen) atoms. The van der Waals surface area contributed by atoms with Gasteiger partial charge in [-0.05, 0) is 175 Å². The minimum Gasteiger partial charge on any atom is -0.396 e. The second kappa shape index (κ2) is 23.2. The van der Waals surface area contributed by atoms with Crippen LogP contribution in [-0.2, 0) is 14.3 Å². The molecule has 5 aliphatic carbocycles. The van der Waals surface area contributed by atoms with Gasteiger partial charge in [0.1, 0.15) is 17.5 Å². The summed E-state index contributed by atoms with van der Waals surface area (Å²) in [6.07, 6.45) is 21.2. The van der Waals surface area contributed by atoms with E-state index < -0.39 is 24.2 Å². The van der Waals surface area contributed by atoms with E-state index in [0.717, 1.165) is 82.7 Å². The van der Waals surface area contributed by atoms with Crippen molar-refractivity contribution in [2.45, 2.75) is 197 Å². The van der Waals surface area contributed by atoms with Gasteiger partial charge in [-0.3, -0.25) is 9.59 Å². The summed E-state index contributed by atoms with van der Waals surface area (Å²) in [5.74, 6) is 11.6. The number of aliphatic hydroxyl groups is 4. The van der Waals surface area contributed by atoms with Crippen molar-refractivity contribution in [1.82, 2.24) is 10.6 Å². The fourth-order valence-electron chi connectivity index (χ4n) is 14.5. The maximum absolute atomic E-state index is 13.9. The number of hydrogen-bond donors (Lipinski definition) is 7. The van der Waals surface area contributed by atoms with Crippen LogP contribution < -0.4 is 16.4 Å². The van der Waals surface area contributed by atoms with E-state index in [1.807, 2.05) is 0 Å². The van der Waals surface area contributed by atoms with Crippen LogP contribution in [0, 0.1) is 82.9 Å². The minimum atomic E-state index is -0.850. The first-order valence-electron chi connectivity index (χ1n) is 25.6. The van der Waals surface area contributed by atoms with Crippen molar-refractivity contribution in [1.29, 1.82) is 0 Å². The molecule has 0 spiro atoms. The minimum absolute atomic E-state index is 0.0152. The third-order valence-electron chi connectivity index (χ3n) is 18.0. The van der Waals surface area contributed by atoms with E-state index in [9.17, 15) is 30.0 Å². The quantitative estimate of drug-likeness (QED) is 0.0825. The SMILES string of the molecule is COC1CC2CCC(=O)C(C(O)CCCC(CCCO)C3CNC4CC(=O)CCC4C3)C#CC(CCC(O)CC(C3CCNC(N)C3)C3CCC4CCCCC4C3)C2CC1O. The second-order valence-electron chi connectivity index (χ2n) is 21.6. The lowest BCUT2D eigenvalue weighted by Gasteiger charge is -2.46. The van der Waals surface area contributed by atoms with Gasteiger partial charge >= 0.3 is 0 Å². The molecular weight excluding hydrogens is 767 g/mol. The highest BCUT2D eigenvalue weighted by molar-refractivity contribution is 5.84. The number of ether oxygens (including phenoxy) is 1. The number of methoxy groups -OCH3 is 1. The number of fused-ring (bicyclic) bond motifs is 3. The Morgan fingerprint density at radius 1 is 0.787 bits per heavy atom. The van der Waals surface area contributed by atoms with Crippen LogP contribution in [0.4, 0.5) is 0 Å². The number of nitrogens with one attached hydrogen (secondary N) is 2. The zero-order chi connectivity index (χ0) is 42.9. The first-order valence-corrected chi connectivity index (χ1v) is 25.6. The number of aliphatic hydroxyl groups excluding tert-OH is 4. The van der Waals surface area contributed by atoms with E-state index in [0.29, 0.717) is 105 Å². The zero-order valence-corrected chi connectivity index (χ0v) is 37.8. The molecule has 4 saturated carbocycles. The van der Waals surface area contributed by atoms with Crippen molar-refractivity contribution in [3.8, 4) is 11.8 Å². The van der Waals surface area contributed by atoms with Crippen LogP contribution >= 0.6 is 0 Å². The predicted molar refractivity (Wildman–Crippen MR) is 239 cm³/mol. The Morgan fingerprint density at radius 3 is 2.36 bits per heavy atom. The third-order valence-corrected chi connectivity index (χ3v) is 18.0. The van der Waals surface area contributed by atoms with Crippen molar-refractivity contribution >= 4 is 11.6 Å². The monoisotopic (exact) mass is 852 g/mol. The van der Waals surface area contributed by atoms with Crippen molar-refractivity contribution < 1.29 is 34.8 Å². The number of rotatable bonds is 17. The van der Waals surface area contributed by atoms with E-state index in [1.54, 1.807) is 7.11 Å². The molecular formula is C51H85N3O7. The lowest BCUT2D eigenvalue weighted by atomic mass is 9.61. The van der Waals surface area contributed by atoms with Gasteiger partial charge in [0.05, 0.1) is 30.6 Å². The van der Waals surface area contributed by atoms with Crippen LogP contribution in [0.3, 0.4) is 0 Å². The Bertz CT molecular complexity index is 1450. The molecule has 0 amide bonds. The van der Waals surface area contributed by atoms with Gasteiger partial charge in [-0.25, -0.2) is 0 Å². The van der Waals surface area contributed by atoms with Crippen LogP contribution in [0.25, 0.3) is 0 Å². The fraction of sp³-hybridized carbons (Fsp3) is 0.922. The van der Waals surface area contributed by atoms with Crippen molar-refractivity contribution in [2.75, 3.05) is 26.8 Å². The number of nitrogens with two attached hydrogens (primary N) is 1. The first-order chi connectivity index (χ1) is 29.6. The molecule has 6 fully saturated rings. The fourth-order valence-corrected chi connectivity index (χ4v) is 14.5. The highest BCUT2D eigenvalue weighted by atomic mass is 16.5. The van der Waals surface area contributed by atoms with E-state index in [1.165, 1.54) is 44.9 Å². The largest absolute Gasteiger partial charge is 0.396 e. The molecule has 0 aromatic rings. The lowest BCUT2D eigenvalue weighted by molar-refractivity contribution is -0.125. The zero-order valence-electron chi connectivity index (χ0n) is 37.8. The Morgan fingerprint density at radius 2 is 1.56 bits per heavy atom. The molecule has 10 nitrogen and oxygen atoms in total. The van der Waals surface area contributed by atoms with Crippen LogP contribution in [-0.4, -0.2) is 95.4 Å². The standard InChI is InChI=1S/C51H85N3O7/c1-61-50-26-37-16-20-48(59)43(47(58)10-4-8-32(9-5-23-55)40-25-39-14-18-42(57)29-46(39)54-31-40)19-15-34(45(37)30-49(50)60)13-17-41(56)28-44(38-21-22-53-51(52)27-38)36-12-11-33-6-2-3-7-35(33)24-36/h32-41,43-47,49-51,53-56,58,60H,2-14,16-18,20-31,52H2,1H3. The molecule has 18 unspecified atom stereocenters. The normalized spacial score (nSPS) is 40.4. The third kappa shape index (κ3) is 12.7. The Labute approximate surface area is 368 Å². The molecule has 2 heterocycles. The number of hydrogen-bond acceptors (Lipinski definition) is 10. The summed E-state index contributed by atoms with van der Waals surface area (Å²) in [5, 5.41) is 51.8. The smallest absolute Gasteiger partial charge is 0.150 e. The molecule has 0 bridgehead atoms. The first kappa shape index (κ1) is 47.5. The molecule has 2 saturated heterocycles. The molecule has 8 N–H and O–H groups in total. The van der Waals surface area contributed by atoms with Gasteiger partial charge in [-0.1, -0.05) is 50.4 Å². The summed E-state index contributed by atoms with van der Waals surface area (Å²) < 4.78 is 5.74. The maximum atomic E-state index is 13.9. The average Bonchev–Trinajstić information content (AvgIpc) is 3.32. The lowest BCUT2D eigenvalue weighted by Crippen LogP contribution is -2.50. The van der Waals surface area contributed by atoms with Gasteiger partial charge in [0.2, 0.25) is 0 Å². The molecule has 7 aliphatic rings. The van der Waals surface area contributed by atoms with Crippen molar-refractivity contribution in [2.24, 2.45) is 76.7 Å². The highest BCUT2D eigenvalue weighted by Crippen LogP contribution is 2.49. The number of carbonyl (C=O) groups is 2. The highest BCUT2D eigenvalue weighted by Gasteiger charge is 2.43. The molecule has 0 radical (unpaired) electrons. The van der Waals surface area contributed by atoms with Crippen molar-refractivity contribution in [3.63, 3.8) is 0 Å². The summed E-state index contributed by atoms with van der Waals surface area (Å²) in [4.78, 5) is 26.0. The number of piperidine rings is 2. The van der Waals surface area contributed by atoms with E-state index in [4.69, 9.17) is 10.5 Å². The van der Waals surface area contributed by atoms with Gasteiger partial charge in [0.25, 0.3) is 0 Å². The van der Waals surface area contributed by atoms with E-state index >= 15 is 0 Å². The van der Waals surface area contributed by atoms with Gasteiger partial charge < -0.3 is 41.5 Å². The van der Waals surface area contributed by atoms with Gasteiger partial charge in [-0.2, -0.15) is 0 Å². The van der Waals surface area contributed by atoms with Gasteiger partial charge in [0.15, 0.2) is 0 Å². The molecule has 18 atom stereocenters. The van der Waals surface area contributed by atoms with E-state index in [2.05, 4.69) is 22.5 Å². The van der Waals surface area contributed by atoms with Gasteiger partial charge in [0, 0.05) is 44.9 Å². The average molecular weight is 852 g/mol. The molecule has 346 valence electrons. The Kier molecular flexibility index (Phi) is 18.0. The molecule has 0 aromatic heterocycles. The number of carbonyl (C=O) groups excluding carboxylic acids is 2.